The van der Waals surface area contributed by atoms with Gasteiger partial charge in [0.2, 0.25) is 0 Å². The maximum Gasteiger partial charge on any atom is 0.435 e. The lowest BCUT2D eigenvalue weighted by Gasteiger charge is -2.20. The fraction of sp³-hybridized carbons (Fsp3) is 0.667. The molecule has 0 saturated carbocycles. The van der Waals surface area contributed by atoms with E-state index in [2.05, 4.69) is 9.99 Å². The van der Waals surface area contributed by atoms with Crippen LogP contribution >= 0.6 is 0 Å². The van der Waals surface area contributed by atoms with Gasteiger partial charge in [-0.25, -0.2) is 4.79 Å². The summed E-state index contributed by atoms with van der Waals surface area (Å²) >= 11 is 0. The van der Waals surface area contributed by atoms with E-state index < -0.39 is 0 Å². The lowest BCUT2D eigenvalue weighted by molar-refractivity contribution is 0.115. The Labute approximate surface area is 58.4 Å². The molecule has 3 rings (SSSR count). The highest BCUT2D eigenvalue weighted by molar-refractivity contribution is 5.88. The van der Waals surface area contributed by atoms with Crippen molar-refractivity contribution in [2.24, 2.45) is 5.16 Å². The van der Waals surface area contributed by atoms with E-state index in [9.17, 15) is 4.79 Å². The number of nitrogens with zero attached hydrogens (tertiary/aromatic N) is 2. The molecule has 0 unspecified atom stereocenters. The Bertz CT molecular complexity index is 190. The molecule has 3 aliphatic heterocycles. The summed E-state index contributed by atoms with van der Waals surface area (Å²) in [7, 11) is 0. The molecule has 3 heterocycles. The predicted octanol–water partition coefficient (Wildman–Crippen LogP) is 0.588. The van der Waals surface area contributed by atoms with Gasteiger partial charge in [-0.05, 0) is 0 Å². The van der Waals surface area contributed by atoms with E-state index in [0.717, 1.165) is 31.6 Å². The fourth-order valence-corrected chi connectivity index (χ4v) is 1.20. The van der Waals surface area contributed by atoms with Crippen molar-refractivity contribution < 1.29 is 9.63 Å². The van der Waals surface area contributed by atoms with Crippen LogP contribution in [0.3, 0.4) is 0 Å². The summed E-state index contributed by atoms with van der Waals surface area (Å²) in [4.78, 5) is 17.1. The highest BCUT2D eigenvalue weighted by atomic mass is 16.7. The van der Waals surface area contributed by atoms with Crippen molar-refractivity contribution in [3.8, 4) is 0 Å². The zero-order chi connectivity index (χ0) is 6.97. The number of rotatable bonds is 0. The highest BCUT2D eigenvalue weighted by Gasteiger charge is 2.25. The van der Waals surface area contributed by atoms with Crippen molar-refractivity contribution in [1.29, 1.82) is 0 Å². The number of oxime groups is 1. The fourth-order valence-electron chi connectivity index (χ4n) is 1.20. The average molecular weight is 140 g/mol. The van der Waals surface area contributed by atoms with Crippen molar-refractivity contribution in [3.05, 3.63) is 0 Å². The molecule has 0 N–H and O–H groups in total. The minimum atomic E-state index is -0.299. The summed E-state index contributed by atoms with van der Waals surface area (Å²) in [6, 6.07) is 0. The number of carbonyl (C=O) groups excluding carboxylic acids is 1. The van der Waals surface area contributed by atoms with Gasteiger partial charge < -0.3 is 4.90 Å². The number of piperidine rings is 1. The molecule has 0 aliphatic carbocycles. The highest BCUT2D eigenvalue weighted by Crippen LogP contribution is 2.13. The molecule has 4 heteroatoms. The van der Waals surface area contributed by atoms with Crippen LogP contribution in [-0.4, -0.2) is 29.8 Å². The first-order chi connectivity index (χ1) is 4.86. The zero-order valence-corrected chi connectivity index (χ0v) is 5.54. The molecule has 54 valence electrons. The standard InChI is InChI=1S/C6H8N2O2/c9-6-8-3-1-5(2-4-8)7-10-6/h1-4H2. The van der Waals surface area contributed by atoms with E-state index in [0.29, 0.717) is 0 Å². The Morgan fingerprint density at radius 2 is 2.10 bits per heavy atom. The lowest BCUT2D eigenvalue weighted by atomic mass is 10.1. The molecule has 0 atom stereocenters. The molecule has 0 aromatic heterocycles. The van der Waals surface area contributed by atoms with Crippen LogP contribution in [0.1, 0.15) is 12.8 Å². The lowest BCUT2D eigenvalue weighted by Crippen LogP contribution is -2.35. The van der Waals surface area contributed by atoms with Crippen LogP contribution in [0.15, 0.2) is 5.16 Å². The van der Waals surface area contributed by atoms with Crippen molar-refractivity contribution in [2.75, 3.05) is 13.1 Å². The largest absolute Gasteiger partial charge is 0.435 e. The topological polar surface area (TPSA) is 41.9 Å². The Kier molecular flexibility index (Phi) is 1.12. The molecule has 0 radical (unpaired) electrons. The SMILES string of the molecule is O=C1ON=C2CCN1CC2. The van der Waals surface area contributed by atoms with Gasteiger partial charge in [0.25, 0.3) is 0 Å². The molecule has 1 fully saturated rings. The zero-order valence-electron chi connectivity index (χ0n) is 5.54. The van der Waals surface area contributed by atoms with E-state index in [4.69, 9.17) is 0 Å². The molecule has 1 saturated heterocycles. The maximum atomic E-state index is 10.9. The quantitative estimate of drug-likeness (QED) is 0.462. The van der Waals surface area contributed by atoms with Crippen LogP contribution < -0.4 is 0 Å². The first-order valence-electron chi connectivity index (χ1n) is 3.38. The molecule has 2 bridgehead atoms. The molecule has 3 aliphatic rings. The van der Waals surface area contributed by atoms with E-state index in [1.165, 1.54) is 0 Å². The smallest absolute Gasteiger partial charge is 0.306 e. The van der Waals surface area contributed by atoms with Gasteiger partial charge in [-0.15, -0.1) is 0 Å². The molecular formula is C6H8N2O2. The second-order valence-electron chi connectivity index (χ2n) is 2.50. The summed E-state index contributed by atoms with van der Waals surface area (Å²) < 4.78 is 0. The van der Waals surface area contributed by atoms with Crippen LogP contribution in [0.2, 0.25) is 0 Å². The predicted molar refractivity (Wildman–Crippen MR) is 34.7 cm³/mol. The Balaban J connectivity index is 2.26. The Hall–Kier alpha value is -1.06. The third-order valence-corrected chi connectivity index (χ3v) is 1.85. The molecule has 0 aromatic rings. The molecule has 10 heavy (non-hydrogen) atoms. The summed E-state index contributed by atoms with van der Waals surface area (Å²) in [5.41, 5.74) is 1.02. The van der Waals surface area contributed by atoms with Crippen molar-refractivity contribution in [3.63, 3.8) is 0 Å². The number of hydrogen-bond acceptors (Lipinski definition) is 3. The van der Waals surface area contributed by atoms with Crippen LogP contribution in [0.25, 0.3) is 0 Å². The third-order valence-electron chi connectivity index (χ3n) is 1.85. The summed E-state index contributed by atoms with van der Waals surface area (Å²) in [6.07, 6.45) is 1.46. The van der Waals surface area contributed by atoms with E-state index in [1.54, 1.807) is 4.90 Å². The van der Waals surface area contributed by atoms with E-state index >= 15 is 0 Å². The van der Waals surface area contributed by atoms with Gasteiger partial charge >= 0.3 is 6.09 Å². The van der Waals surface area contributed by atoms with Gasteiger partial charge in [-0.3, -0.25) is 4.84 Å². The van der Waals surface area contributed by atoms with Crippen LogP contribution in [0.5, 0.6) is 0 Å². The van der Waals surface area contributed by atoms with Gasteiger partial charge in [0.1, 0.15) is 0 Å². The van der Waals surface area contributed by atoms with Crippen LogP contribution in [0.4, 0.5) is 4.79 Å². The molecule has 0 aromatic carbocycles. The molecular weight excluding hydrogens is 132 g/mol. The van der Waals surface area contributed by atoms with Gasteiger partial charge in [0.05, 0.1) is 5.71 Å². The second kappa shape index (κ2) is 1.97. The number of carbonyl (C=O) groups is 1. The molecule has 1 amide bonds. The number of amides is 1. The first kappa shape index (κ1) is 5.70. The van der Waals surface area contributed by atoms with Gasteiger partial charge in [0, 0.05) is 25.9 Å². The second-order valence-corrected chi connectivity index (χ2v) is 2.50. The Morgan fingerprint density at radius 3 is 2.80 bits per heavy atom. The van der Waals surface area contributed by atoms with Crippen molar-refractivity contribution in [2.45, 2.75) is 12.8 Å². The average Bonchev–Trinajstić information content (AvgIpc) is 2.24. The first-order valence-corrected chi connectivity index (χ1v) is 3.38. The summed E-state index contributed by atoms with van der Waals surface area (Å²) in [5, 5.41) is 3.69. The van der Waals surface area contributed by atoms with Crippen LogP contribution in [0, 0.1) is 0 Å². The summed E-state index contributed by atoms with van der Waals surface area (Å²) in [6.45, 7) is 1.55. The monoisotopic (exact) mass is 140 g/mol. The van der Waals surface area contributed by atoms with Gasteiger partial charge in [0.15, 0.2) is 0 Å². The molecule has 4 nitrogen and oxygen atoms in total. The van der Waals surface area contributed by atoms with Crippen LogP contribution in [-0.2, 0) is 4.84 Å². The Morgan fingerprint density at radius 1 is 1.40 bits per heavy atom. The summed E-state index contributed by atoms with van der Waals surface area (Å²) in [5.74, 6) is 0. The third kappa shape index (κ3) is 0.761. The van der Waals surface area contributed by atoms with Crippen molar-refractivity contribution >= 4 is 11.8 Å². The maximum absolute atomic E-state index is 10.9. The minimum Gasteiger partial charge on any atom is -0.306 e. The van der Waals surface area contributed by atoms with Gasteiger partial charge in [-0.1, -0.05) is 5.16 Å². The number of hydrogen-bond donors (Lipinski definition) is 0. The minimum absolute atomic E-state index is 0.299. The van der Waals surface area contributed by atoms with E-state index in [-0.39, 0.29) is 6.09 Å². The van der Waals surface area contributed by atoms with E-state index in [1.807, 2.05) is 0 Å². The molecule has 0 spiro atoms. The van der Waals surface area contributed by atoms with Crippen molar-refractivity contribution in [1.82, 2.24) is 4.90 Å². The van der Waals surface area contributed by atoms with Gasteiger partial charge in [-0.2, -0.15) is 0 Å². The normalized spacial score (nSPS) is 23.8. The number of fused-ring (bicyclic) bond motifs is 4.